The highest BCUT2D eigenvalue weighted by Crippen LogP contribution is 2.23. The molecule has 1 aliphatic rings. The summed E-state index contributed by atoms with van der Waals surface area (Å²) >= 11 is 1.55. The maximum atomic E-state index is 9.66. The van der Waals surface area contributed by atoms with Crippen LogP contribution < -0.4 is 5.32 Å². The van der Waals surface area contributed by atoms with Gasteiger partial charge in [-0.15, -0.1) is 11.8 Å². The highest BCUT2D eigenvalue weighted by molar-refractivity contribution is 8.02. The molecule has 1 aromatic heterocycles. The second-order valence-corrected chi connectivity index (χ2v) is 3.86. The normalized spacial score (nSPS) is 15.7. The number of hydroxylamine groups is 2. The molecule has 5 heteroatoms. The second kappa shape index (κ2) is 4.46. The number of hydrogen-bond donors (Lipinski definition) is 2. The minimum Gasteiger partial charge on any atom is -0.469 e. The average molecular weight is 224 g/mol. The lowest BCUT2D eigenvalue weighted by Crippen LogP contribution is -2.24. The fourth-order valence-electron chi connectivity index (χ4n) is 1.38. The quantitative estimate of drug-likeness (QED) is 0.823. The average Bonchev–Trinajstić information content (AvgIpc) is 2.74. The Hall–Kier alpha value is -1.33. The Kier molecular flexibility index (Phi) is 3.03. The summed E-state index contributed by atoms with van der Waals surface area (Å²) in [5.74, 6) is 0.827. The molecule has 1 aliphatic heterocycles. The first-order chi connectivity index (χ1) is 7.31. The molecule has 0 unspecified atom stereocenters. The van der Waals surface area contributed by atoms with Crippen molar-refractivity contribution < 1.29 is 9.62 Å². The Bertz CT molecular complexity index is 384. The van der Waals surface area contributed by atoms with Gasteiger partial charge >= 0.3 is 0 Å². The van der Waals surface area contributed by atoms with Crippen molar-refractivity contribution >= 4 is 11.8 Å². The van der Waals surface area contributed by atoms with E-state index in [9.17, 15) is 5.21 Å². The zero-order valence-corrected chi connectivity index (χ0v) is 9.12. The molecule has 0 bridgehead atoms. The van der Waals surface area contributed by atoms with E-state index in [-0.39, 0.29) is 0 Å². The Labute approximate surface area is 92.2 Å². The number of furan rings is 1. The Morgan fingerprint density at radius 2 is 2.47 bits per heavy atom. The van der Waals surface area contributed by atoms with Crippen LogP contribution in [0, 0.1) is 0 Å². The van der Waals surface area contributed by atoms with Crippen molar-refractivity contribution in [3.63, 3.8) is 0 Å². The van der Waals surface area contributed by atoms with Gasteiger partial charge in [0.1, 0.15) is 5.76 Å². The summed E-state index contributed by atoms with van der Waals surface area (Å²) in [6.45, 7) is 0. The van der Waals surface area contributed by atoms with Gasteiger partial charge in [0, 0.05) is 12.4 Å². The molecule has 0 amide bonds. The van der Waals surface area contributed by atoms with Crippen LogP contribution in [-0.4, -0.2) is 16.5 Å². The van der Waals surface area contributed by atoms with Crippen LogP contribution in [0.15, 0.2) is 45.9 Å². The van der Waals surface area contributed by atoms with E-state index in [1.807, 2.05) is 18.4 Å². The minimum atomic E-state index is 0.566. The molecule has 0 fully saturated rings. The van der Waals surface area contributed by atoms with Gasteiger partial charge < -0.3 is 9.73 Å². The molecule has 2 heterocycles. The smallest absolute Gasteiger partial charge is 0.109 e. The van der Waals surface area contributed by atoms with Gasteiger partial charge in [0.25, 0.3) is 0 Å². The zero-order valence-electron chi connectivity index (χ0n) is 8.30. The van der Waals surface area contributed by atoms with E-state index < -0.39 is 0 Å². The summed E-state index contributed by atoms with van der Waals surface area (Å²) in [4.78, 5) is 0. The van der Waals surface area contributed by atoms with Crippen LogP contribution in [-0.2, 0) is 6.42 Å². The molecule has 0 aliphatic carbocycles. The van der Waals surface area contributed by atoms with Crippen molar-refractivity contribution in [3.05, 3.63) is 47.3 Å². The summed E-state index contributed by atoms with van der Waals surface area (Å²) in [5, 5.41) is 14.8. The second-order valence-electron chi connectivity index (χ2n) is 3.04. The van der Waals surface area contributed by atoms with Crippen molar-refractivity contribution in [2.75, 3.05) is 6.26 Å². The third-order valence-electron chi connectivity index (χ3n) is 2.09. The summed E-state index contributed by atoms with van der Waals surface area (Å²) in [5.41, 5.74) is 0.792. The van der Waals surface area contributed by atoms with Gasteiger partial charge in [0.05, 0.1) is 23.4 Å². The topological polar surface area (TPSA) is 48.6 Å². The predicted octanol–water partition coefficient (Wildman–Crippen LogP) is 2.12. The lowest BCUT2D eigenvalue weighted by atomic mass is 10.2. The summed E-state index contributed by atoms with van der Waals surface area (Å²) in [7, 11) is 0. The third kappa shape index (κ3) is 2.19. The monoisotopic (exact) mass is 224 g/mol. The highest BCUT2D eigenvalue weighted by Gasteiger charge is 2.15. The van der Waals surface area contributed by atoms with Gasteiger partial charge in [-0.1, -0.05) is 0 Å². The van der Waals surface area contributed by atoms with E-state index in [0.29, 0.717) is 6.42 Å². The summed E-state index contributed by atoms with van der Waals surface area (Å²) in [6, 6.07) is 3.72. The van der Waals surface area contributed by atoms with E-state index in [2.05, 4.69) is 5.32 Å². The Balaban J connectivity index is 2.20. The molecule has 1 aromatic rings. The van der Waals surface area contributed by atoms with Gasteiger partial charge in [-0.3, -0.25) is 5.21 Å². The van der Waals surface area contributed by atoms with Crippen LogP contribution >= 0.6 is 11.8 Å². The van der Waals surface area contributed by atoms with Crippen LogP contribution in [0.4, 0.5) is 0 Å². The van der Waals surface area contributed by atoms with Crippen molar-refractivity contribution in [2.24, 2.45) is 0 Å². The number of allylic oxidation sites excluding steroid dienone is 1. The fraction of sp³-hybridized carbons (Fsp3) is 0.200. The molecule has 0 radical (unpaired) electrons. The molecule has 15 heavy (non-hydrogen) atoms. The number of hydrogen-bond acceptors (Lipinski definition) is 5. The first-order valence-electron chi connectivity index (χ1n) is 4.52. The molecule has 0 saturated carbocycles. The van der Waals surface area contributed by atoms with Crippen LogP contribution in [0.5, 0.6) is 0 Å². The minimum absolute atomic E-state index is 0.566. The first-order valence-corrected chi connectivity index (χ1v) is 5.74. The van der Waals surface area contributed by atoms with E-state index >= 15 is 0 Å². The lowest BCUT2D eigenvalue weighted by molar-refractivity contribution is -0.0100. The third-order valence-corrected chi connectivity index (χ3v) is 2.86. The molecule has 2 rings (SSSR count). The highest BCUT2D eigenvalue weighted by atomic mass is 32.2. The first kappa shape index (κ1) is 10.2. The fourth-order valence-corrected chi connectivity index (χ4v) is 1.96. The van der Waals surface area contributed by atoms with Crippen LogP contribution in [0.25, 0.3) is 0 Å². The van der Waals surface area contributed by atoms with Crippen molar-refractivity contribution in [1.29, 1.82) is 0 Å². The Morgan fingerprint density at radius 1 is 1.60 bits per heavy atom. The van der Waals surface area contributed by atoms with E-state index in [1.54, 1.807) is 30.4 Å². The lowest BCUT2D eigenvalue weighted by Gasteiger charge is -2.23. The molecule has 2 N–H and O–H groups in total. The van der Waals surface area contributed by atoms with Gasteiger partial charge in [-0.2, -0.15) is 0 Å². The number of rotatable bonds is 3. The summed E-state index contributed by atoms with van der Waals surface area (Å²) in [6.07, 6.45) is 7.41. The van der Waals surface area contributed by atoms with E-state index in [4.69, 9.17) is 4.42 Å². The van der Waals surface area contributed by atoms with Crippen molar-refractivity contribution in [2.45, 2.75) is 6.42 Å². The zero-order chi connectivity index (χ0) is 10.7. The predicted molar refractivity (Wildman–Crippen MR) is 58.9 cm³/mol. The van der Waals surface area contributed by atoms with Crippen LogP contribution in [0.3, 0.4) is 0 Å². The van der Waals surface area contributed by atoms with Crippen molar-refractivity contribution in [3.8, 4) is 0 Å². The van der Waals surface area contributed by atoms with E-state index in [1.165, 1.54) is 0 Å². The molecular weight excluding hydrogens is 212 g/mol. The Morgan fingerprint density at radius 3 is 3.13 bits per heavy atom. The molecular formula is C10H12N2O2S. The van der Waals surface area contributed by atoms with Crippen molar-refractivity contribution in [1.82, 2.24) is 10.4 Å². The van der Waals surface area contributed by atoms with E-state index in [0.717, 1.165) is 21.5 Å². The molecule has 80 valence electrons. The van der Waals surface area contributed by atoms with Crippen LogP contribution in [0.2, 0.25) is 0 Å². The number of nitrogens with one attached hydrogen (secondary N) is 1. The molecule has 0 saturated heterocycles. The summed E-state index contributed by atoms with van der Waals surface area (Å²) < 4.78 is 5.24. The largest absolute Gasteiger partial charge is 0.469 e. The standard InChI is InChI=1S/C10H12N2O2S/c1-15-10-9(12(13)5-4-11-10)7-8-3-2-6-14-8/h2-6,11,13H,7H2,1H3. The number of nitrogens with zero attached hydrogens (tertiary/aromatic N) is 1. The van der Waals surface area contributed by atoms with Gasteiger partial charge in [0.15, 0.2) is 0 Å². The molecule has 0 atom stereocenters. The maximum Gasteiger partial charge on any atom is 0.109 e. The van der Waals surface area contributed by atoms with Gasteiger partial charge in [-0.05, 0) is 18.4 Å². The van der Waals surface area contributed by atoms with Crippen LogP contribution in [0.1, 0.15) is 5.76 Å². The van der Waals surface area contributed by atoms with Gasteiger partial charge in [-0.25, -0.2) is 5.06 Å². The maximum absolute atomic E-state index is 9.66. The van der Waals surface area contributed by atoms with Gasteiger partial charge in [0.2, 0.25) is 0 Å². The number of thioether (sulfide) groups is 1. The molecule has 0 aromatic carbocycles. The molecule has 4 nitrogen and oxygen atoms in total. The SMILES string of the molecule is CSC1=C(Cc2ccco2)N(O)C=CN1. The molecule has 0 spiro atoms.